The van der Waals surface area contributed by atoms with Crippen LogP contribution in [0.5, 0.6) is 0 Å². The van der Waals surface area contributed by atoms with Gasteiger partial charge in [0.25, 0.3) is 11.6 Å². The third kappa shape index (κ3) is 5.46. The number of nitro groups is 1. The fourth-order valence-corrected chi connectivity index (χ4v) is 4.09. The number of ether oxygens (including phenoxy) is 1. The van der Waals surface area contributed by atoms with Gasteiger partial charge in [-0.15, -0.1) is 0 Å². The standard InChI is InChI=1S/C21H29N3O5/c1-16-7-6-12-23(14-16)20(25)15-29-21(26)17-8-9-18(19(13-17)24(27)28)22-10-4-2-3-5-11-22/h8-9,13,16H,2-7,10-12,14-15H2,1H3. The first-order valence-corrected chi connectivity index (χ1v) is 10.4. The zero-order chi connectivity index (χ0) is 20.8. The molecule has 2 aliphatic heterocycles. The Labute approximate surface area is 171 Å². The van der Waals surface area contributed by atoms with Gasteiger partial charge in [-0.1, -0.05) is 19.8 Å². The second-order valence-electron chi connectivity index (χ2n) is 8.03. The Balaban J connectivity index is 1.66. The van der Waals surface area contributed by atoms with Crippen LogP contribution in [-0.4, -0.2) is 54.5 Å². The van der Waals surface area contributed by atoms with E-state index in [9.17, 15) is 19.7 Å². The average Bonchev–Trinajstić information content (AvgIpc) is 3.00. The molecule has 8 heteroatoms. The van der Waals surface area contributed by atoms with Crippen molar-refractivity contribution < 1.29 is 19.2 Å². The lowest BCUT2D eigenvalue weighted by Gasteiger charge is -2.30. The minimum atomic E-state index is -0.714. The number of piperidine rings is 1. The normalized spacial score (nSPS) is 20.1. The fourth-order valence-electron chi connectivity index (χ4n) is 4.09. The molecule has 1 unspecified atom stereocenters. The number of carbonyl (C=O) groups excluding carboxylic acids is 2. The topological polar surface area (TPSA) is 93.0 Å². The van der Waals surface area contributed by atoms with Crippen LogP contribution in [0.1, 0.15) is 55.8 Å². The Bertz CT molecular complexity index is 759. The van der Waals surface area contributed by atoms with Crippen molar-refractivity contribution in [3.05, 3.63) is 33.9 Å². The summed E-state index contributed by atoms with van der Waals surface area (Å²) in [5, 5.41) is 11.6. The molecule has 0 radical (unpaired) electrons. The van der Waals surface area contributed by atoms with E-state index < -0.39 is 10.9 Å². The number of rotatable bonds is 5. The van der Waals surface area contributed by atoms with Crippen molar-refractivity contribution in [3.63, 3.8) is 0 Å². The third-order valence-corrected chi connectivity index (χ3v) is 5.69. The zero-order valence-corrected chi connectivity index (χ0v) is 17.0. The molecule has 2 saturated heterocycles. The number of amides is 1. The molecule has 2 fully saturated rings. The number of hydrogen-bond acceptors (Lipinski definition) is 6. The van der Waals surface area contributed by atoms with Gasteiger partial charge in [-0.05, 0) is 43.7 Å². The summed E-state index contributed by atoms with van der Waals surface area (Å²) in [4.78, 5) is 39.5. The summed E-state index contributed by atoms with van der Waals surface area (Å²) < 4.78 is 5.15. The summed E-state index contributed by atoms with van der Waals surface area (Å²) in [5.41, 5.74) is 0.527. The van der Waals surface area contributed by atoms with E-state index in [1.165, 1.54) is 6.07 Å². The Morgan fingerprint density at radius 2 is 1.86 bits per heavy atom. The van der Waals surface area contributed by atoms with Crippen molar-refractivity contribution in [1.29, 1.82) is 0 Å². The van der Waals surface area contributed by atoms with E-state index >= 15 is 0 Å². The minimum absolute atomic E-state index is 0.0927. The first kappa shape index (κ1) is 21.1. The number of likely N-dealkylation sites (tertiary alicyclic amines) is 1. The van der Waals surface area contributed by atoms with Crippen LogP contribution in [0.3, 0.4) is 0 Å². The Hall–Kier alpha value is -2.64. The van der Waals surface area contributed by atoms with E-state index in [0.29, 0.717) is 24.7 Å². The van der Waals surface area contributed by atoms with Crippen molar-refractivity contribution in [2.45, 2.75) is 45.4 Å². The molecule has 0 aliphatic carbocycles. The molecule has 158 valence electrons. The van der Waals surface area contributed by atoms with Crippen LogP contribution < -0.4 is 4.90 Å². The molecule has 0 aromatic heterocycles. The van der Waals surface area contributed by atoms with Gasteiger partial charge in [0.1, 0.15) is 5.69 Å². The van der Waals surface area contributed by atoms with Crippen molar-refractivity contribution in [1.82, 2.24) is 4.90 Å². The molecule has 1 amide bonds. The molecule has 3 rings (SSSR count). The highest BCUT2D eigenvalue weighted by atomic mass is 16.6. The summed E-state index contributed by atoms with van der Waals surface area (Å²) in [7, 11) is 0. The van der Waals surface area contributed by atoms with Gasteiger partial charge in [0, 0.05) is 32.2 Å². The molecule has 8 nitrogen and oxygen atoms in total. The molecule has 0 spiro atoms. The van der Waals surface area contributed by atoms with E-state index in [1.54, 1.807) is 17.0 Å². The van der Waals surface area contributed by atoms with Crippen molar-refractivity contribution in [2.75, 3.05) is 37.7 Å². The maximum Gasteiger partial charge on any atom is 0.338 e. The van der Waals surface area contributed by atoms with E-state index in [0.717, 1.165) is 51.6 Å². The SMILES string of the molecule is CC1CCCN(C(=O)COC(=O)c2ccc(N3CCCCCC3)c([N+](=O)[O-])c2)C1. The average molecular weight is 403 g/mol. The lowest BCUT2D eigenvalue weighted by Crippen LogP contribution is -2.41. The molecule has 0 N–H and O–H groups in total. The quantitative estimate of drug-likeness (QED) is 0.425. The van der Waals surface area contributed by atoms with E-state index in [1.807, 2.05) is 4.90 Å². The second kappa shape index (κ2) is 9.71. The highest BCUT2D eigenvalue weighted by Gasteiger charge is 2.25. The number of anilines is 1. The molecule has 2 aliphatic rings. The number of hydrogen-bond donors (Lipinski definition) is 0. The number of benzene rings is 1. The van der Waals surface area contributed by atoms with Crippen molar-refractivity contribution >= 4 is 23.3 Å². The van der Waals surface area contributed by atoms with Crippen LogP contribution in [-0.2, 0) is 9.53 Å². The highest BCUT2D eigenvalue weighted by Crippen LogP contribution is 2.31. The number of nitro benzene ring substituents is 1. The summed E-state index contributed by atoms with van der Waals surface area (Å²) in [6.45, 7) is 4.65. The molecular formula is C21H29N3O5. The second-order valence-corrected chi connectivity index (χ2v) is 8.03. The monoisotopic (exact) mass is 403 g/mol. The van der Waals surface area contributed by atoms with Crippen LogP contribution in [0.25, 0.3) is 0 Å². The van der Waals surface area contributed by atoms with Gasteiger partial charge in [0.05, 0.1) is 10.5 Å². The summed E-state index contributed by atoms with van der Waals surface area (Å²) in [6.07, 6.45) is 6.29. The van der Waals surface area contributed by atoms with E-state index in [2.05, 4.69) is 6.92 Å². The smallest absolute Gasteiger partial charge is 0.338 e. The third-order valence-electron chi connectivity index (χ3n) is 5.69. The summed E-state index contributed by atoms with van der Waals surface area (Å²) in [6, 6.07) is 4.42. The van der Waals surface area contributed by atoms with Crippen molar-refractivity contribution in [2.24, 2.45) is 5.92 Å². The Morgan fingerprint density at radius 3 is 2.52 bits per heavy atom. The van der Waals surface area contributed by atoms with E-state index in [4.69, 9.17) is 4.74 Å². The predicted octanol–water partition coefficient (Wildman–Crippen LogP) is 3.39. The van der Waals surface area contributed by atoms with Gasteiger partial charge in [-0.3, -0.25) is 14.9 Å². The first-order chi connectivity index (χ1) is 14.0. The van der Waals surface area contributed by atoms with Crippen LogP contribution in [0.15, 0.2) is 18.2 Å². The molecule has 1 aromatic rings. The zero-order valence-electron chi connectivity index (χ0n) is 17.0. The maximum atomic E-state index is 12.4. The van der Waals surface area contributed by atoms with Gasteiger partial charge in [0.15, 0.2) is 6.61 Å². The molecule has 1 aromatic carbocycles. The van der Waals surface area contributed by atoms with Crippen molar-refractivity contribution in [3.8, 4) is 0 Å². The molecule has 0 saturated carbocycles. The molecule has 29 heavy (non-hydrogen) atoms. The first-order valence-electron chi connectivity index (χ1n) is 10.4. The largest absolute Gasteiger partial charge is 0.452 e. The van der Waals surface area contributed by atoms with Gasteiger partial charge in [-0.25, -0.2) is 4.79 Å². The summed E-state index contributed by atoms with van der Waals surface area (Å²) >= 11 is 0. The lowest BCUT2D eigenvalue weighted by atomic mass is 10.0. The van der Waals surface area contributed by atoms with Gasteiger partial charge < -0.3 is 14.5 Å². The summed E-state index contributed by atoms with van der Waals surface area (Å²) in [5.74, 6) is -0.493. The Morgan fingerprint density at radius 1 is 1.14 bits per heavy atom. The molecular weight excluding hydrogens is 374 g/mol. The van der Waals surface area contributed by atoms with E-state index in [-0.39, 0.29) is 23.8 Å². The highest BCUT2D eigenvalue weighted by molar-refractivity contribution is 5.93. The number of esters is 1. The number of carbonyl (C=O) groups is 2. The van der Waals surface area contributed by atoms with Crippen LogP contribution in [0.4, 0.5) is 11.4 Å². The fraction of sp³-hybridized carbons (Fsp3) is 0.619. The number of nitrogens with zero attached hydrogens (tertiary/aromatic N) is 3. The molecule has 2 heterocycles. The molecule has 0 bridgehead atoms. The van der Waals surface area contributed by atoms with Crippen LogP contribution in [0, 0.1) is 16.0 Å². The van der Waals surface area contributed by atoms with Gasteiger partial charge in [-0.2, -0.15) is 0 Å². The van der Waals surface area contributed by atoms with Gasteiger partial charge in [0.2, 0.25) is 0 Å². The van der Waals surface area contributed by atoms with Crippen LogP contribution >= 0.6 is 0 Å². The van der Waals surface area contributed by atoms with Gasteiger partial charge >= 0.3 is 5.97 Å². The predicted molar refractivity (Wildman–Crippen MR) is 109 cm³/mol. The van der Waals surface area contributed by atoms with Crippen LogP contribution in [0.2, 0.25) is 0 Å². The Kier molecular flexibility index (Phi) is 7.06. The maximum absolute atomic E-state index is 12.4. The minimum Gasteiger partial charge on any atom is -0.452 e. The lowest BCUT2D eigenvalue weighted by molar-refractivity contribution is -0.384. The molecule has 1 atom stereocenters.